The molecule has 11 heavy (non-hydrogen) atoms. The van der Waals surface area contributed by atoms with E-state index in [1.165, 1.54) is 11.1 Å². The molecule has 0 radical (unpaired) electrons. The van der Waals surface area contributed by atoms with Crippen molar-refractivity contribution in [3.8, 4) is 5.75 Å². The second-order valence-electron chi connectivity index (χ2n) is 2.81. The molecule has 0 bridgehead atoms. The van der Waals surface area contributed by atoms with Gasteiger partial charge in [0.15, 0.2) is 0 Å². The maximum Gasteiger partial charge on any atom is 0.125 e. The van der Waals surface area contributed by atoms with E-state index in [9.17, 15) is 0 Å². The molecule has 0 saturated carbocycles. The molecule has 1 aromatic rings. The number of hydrogen-bond donors (Lipinski definition) is 0. The van der Waals surface area contributed by atoms with Crippen LogP contribution in [0, 0.1) is 6.92 Å². The molecule has 58 valence electrons. The van der Waals surface area contributed by atoms with Crippen molar-refractivity contribution >= 4 is 15.9 Å². The van der Waals surface area contributed by atoms with Gasteiger partial charge in [-0.05, 0) is 30.2 Å². The van der Waals surface area contributed by atoms with Crippen LogP contribution in [0.25, 0.3) is 0 Å². The predicted octanol–water partition coefficient (Wildman–Crippen LogP) is 2.69. The third-order valence-electron chi connectivity index (χ3n) is 1.93. The normalized spacial score (nSPS) is 14.4. The molecule has 1 heterocycles. The Balaban J connectivity index is 2.60. The molecule has 1 nitrogen and oxygen atoms in total. The van der Waals surface area contributed by atoms with Gasteiger partial charge in [0.1, 0.15) is 5.75 Å². The number of benzene rings is 1. The molecule has 1 aromatic carbocycles. The lowest BCUT2D eigenvalue weighted by Gasteiger charge is -2.03. The Labute approximate surface area is 74.5 Å². The average Bonchev–Trinajstić information content (AvgIpc) is 2.34. The minimum absolute atomic E-state index is 0.840. The Morgan fingerprint density at radius 2 is 2.27 bits per heavy atom. The van der Waals surface area contributed by atoms with Crippen LogP contribution in [0.4, 0.5) is 0 Å². The lowest BCUT2D eigenvalue weighted by molar-refractivity contribution is 0.354. The van der Waals surface area contributed by atoms with Crippen molar-refractivity contribution in [3.05, 3.63) is 27.7 Å². The van der Waals surface area contributed by atoms with Gasteiger partial charge in [0.2, 0.25) is 0 Å². The quantitative estimate of drug-likeness (QED) is 0.643. The van der Waals surface area contributed by atoms with Crippen molar-refractivity contribution in [3.63, 3.8) is 0 Å². The second-order valence-corrected chi connectivity index (χ2v) is 3.73. The third-order valence-corrected chi connectivity index (χ3v) is 2.39. The highest BCUT2D eigenvalue weighted by molar-refractivity contribution is 9.10. The van der Waals surface area contributed by atoms with E-state index in [1.807, 2.05) is 0 Å². The van der Waals surface area contributed by atoms with Crippen LogP contribution in [0.2, 0.25) is 0 Å². The molecule has 0 unspecified atom stereocenters. The first-order valence-corrected chi connectivity index (χ1v) is 4.48. The van der Waals surface area contributed by atoms with Crippen molar-refractivity contribution in [1.29, 1.82) is 0 Å². The Kier molecular flexibility index (Phi) is 1.64. The fourth-order valence-electron chi connectivity index (χ4n) is 1.45. The first kappa shape index (κ1) is 7.17. The molecule has 1 aliphatic heterocycles. The maximum absolute atomic E-state index is 5.46. The zero-order valence-corrected chi connectivity index (χ0v) is 7.94. The van der Waals surface area contributed by atoms with Crippen molar-refractivity contribution in [2.24, 2.45) is 0 Å². The maximum atomic E-state index is 5.46. The molecule has 0 saturated heterocycles. The van der Waals surface area contributed by atoms with E-state index in [1.54, 1.807) is 0 Å². The van der Waals surface area contributed by atoms with Gasteiger partial charge in [-0.15, -0.1) is 0 Å². The summed E-state index contributed by atoms with van der Waals surface area (Å²) >= 11 is 3.46. The number of fused-ring (bicyclic) bond motifs is 1. The first-order chi connectivity index (χ1) is 5.27. The fraction of sp³-hybridized carbons (Fsp3) is 0.333. The van der Waals surface area contributed by atoms with Crippen LogP contribution in [0.3, 0.4) is 0 Å². The Morgan fingerprint density at radius 3 is 3.09 bits per heavy atom. The summed E-state index contributed by atoms with van der Waals surface area (Å²) in [5, 5.41) is 0. The number of halogens is 1. The van der Waals surface area contributed by atoms with E-state index < -0.39 is 0 Å². The summed E-state index contributed by atoms with van der Waals surface area (Å²) in [5.41, 5.74) is 2.56. The SMILES string of the molecule is Cc1cc(Br)cc2c1OCC2. The van der Waals surface area contributed by atoms with Gasteiger partial charge in [0, 0.05) is 10.9 Å². The molecule has 2 heteroatoms. The second kappa shape index (κ2) is 2.52. The van der Waals surface area contributed by atoms with Gasteiger partial charge in [-0.2, -0.15) is 0 Å². The Morgan fingerprint density at radius 1 is 1.45 bits per heavy atom. The van der Waals surface area contributed by atoms with Crippen LogP contribution in [0.5, 0.6) is 5.75 Å². The van der Waals surface area contributed by atoms with Crippen molar-refractivity contribution in [2.75, 3.05) is 6.61 Å². The van der Waals surface area contributed by atoms with E-state index in [4.69, 9.17) is 4.74 Å². The molecule has 0 fully saturated rings. The van der Waals surface area contributed by atoms with Crippen molar-refractivity contribution in [1.82, 2.24) is 0 Å². The van der Waals surface area contributed by atoms with Gasteiger partial charge < -0.3 is 4.74 Å². The van der Waals surface area contributed by atoms with E-state index in [2.05, 4.69) is 35.0 Å². The molecular formula is C9H9BrO. The molecule has 2 rings (SSSR count). The lowest BCUT2D eigenvalue weighted by Crippen LogP contribution is -1.87. The van der Waals surface area contributed by atoms with Gasteiger partial charge in [0.25, 0.3) is 0 Å². The van der Waals surface area contributed by atoms with Crippen LogP contribution < -0.4 is 4.74 Å². The number of hydrogen-bond acceptors (Lipinski definition) is 1. The van der Waals surface area contributed by atoms with Crippen LogP contribution >= 0.6 is 15.9 Å². The largest absolute Gasteiger partial charge is 0.493 e. The van der Waals surface area contributed by atoms with E-state index in [0.29, 0.717) is 0 Å². The monoisotopic (exact) mass is 212 g/mol. The van der Waals surface area contributed by atoms with Gasteiger partial charge >= 0.3 is 0 Å². The molecule has 0 amide bonds. The van der Waals surface area contributed by atoms with E-state index in [-0.39, 0.29) is 0 Å². The Hall–Kier alpha value is -0.500. The Bertz CT molecular complexity index is 294. The van der Waals surface area contributed by atoms with Gasteiger partial charge in [-0.25, -0.2) is 0 Å². The molecule has 0 aliphatic carbocycles. The highest BCUT2D eigenvalue weighted by Crippen LogP contribution is 2.31. The number of ether oxygens (including phenoxy) is 1. The molecule has 0 spiro atoms. The lowest BCUT2D eigenvalue weighted by atomic mass is 10.1. The van der Waals surface area contributed by atoms with Crippen LogP contribution in [0.15, 0.2) is 16.6 Å². The summed E-state index contributed by atoms with van der Waals surface area (Å²) in [7, 11) is 0. The van der Waals surface area contributed by atoms with Gasteiger partial charge in [-0.1, -0.05) is 15.9 Å². The first-order valence-electron chi connectivity index (χ1n) is 3.69. The summed E-state index contributed by atoms with van der Waals surface area (Å²) in [4.78, 5) is 0. The predicted molar refractivity (Wildman–Crippen MR) is 48.1 cm³/mol. The summed E-state index contributed by atoms with van der Waals surface area (Å²) in [6.45, 7) is 2.92. The highest BCUT2D eigenvalue weighted by atomic mass is 79.9. The standard InChI is InChI=1S/C9H9BrO/c1-6-4-8(10)5-7-2-3-11-9(6)7/h4-5H,2-3H2,1H3. The number of aryl methyl sites for hydroxylation is 1. The van der Waals surface area contributed by atoms with Gasteiger partial charge in [-0.3, -0.25) is 0 Å². The van der Waals surface area contributed by atoms with Crippen LogP contribution in [-0.4, -0.2) is 6.61 Å². The van der Waals surface area contributed by atoms with Crippen LogP contribution in [0.1, 0.15) is 11.1 Å². The number of rotatable bonds is 0. The molecular weight excluding hydrogens is 204 g/mol. The smallest absolute Gasteiger partial charge is 0.125 e. The minimum atomic E-state index is 0.840. The summed E-state index contributed by atoms with van der Waals surface area (Å²) in [6.07, 6.45) is 1.05. The molecule has 0 aromatic heterocycles. The molecule has 1 aliphatic rings. The highest BCUT2D eigenvalue weighted by Gasteiger charge is 2.14. The zero-order chi connectivity index (χ0) is 7.84. The zero-order valence-electron chi connectivity index (χ0n) is 6.36. The van der Waals surface area contributed by atoms with Crippen molar-refractivity contribution < 1.29 is 4.74 Å². The summed E-state index contributed by atoms with van der Waals surface area (Å²) < 4.78 is 6.62. The molecule has 0 N–H and O–H groups in total. The fourth-order valence-corrected chi connectivity index (χ4v) is 2.07. The van der Waals surface area contributed by atoms with E-state index in [0.717, 1.165) is 23.2 Å². The third kappa shape index (κ3) is 1.16. The summed E-state index contributed by atoms with van der Waals surface area (Å²) in [6, 6.07) is 4.22. The minimum Gasteiger partial charge on any atom is -0.493 e. The van der Waals surface area contributed by atoms with Crippen LogP contribution in [-0.2, 0) is 6.42 Å². The molecule has 0 atom stereocenters. The van der Waals surface area contributed by atoms with Crippen molar-refractivity contribution in [2.45, 2.75) is 13.3 Å². The topological polar surface area (TPSA) is 9.23 Å². The average molecular weight is 213 g/mol. The van der Waals surface area contributed by atoms with E-state index >= 15 is 0 Å². The van der Waals surface area contributed by atoms with Gasteiger partial charge in [0.05, 0.1) is 6.61 Å². The summed E-state index contributed by atoms with van der Waals surface area (Å²) in [5.74, 6) is 1.09.